The molecule has 2 aromatic heterocycles. The first-order valence-electron chi connectivity index (χ1n) is 19.4. The maximum absolute atomic E-state index is 7.31. The zero-order chi connectivity index (χ0) is 37.5. The van der Waals surface area contributed by atoms with Crippen molar-refractivity contribution in [2.24, 2.45) is 0 Å². The number of nitrogens with zero attached hydrogens (tertiary/aromatic N) is 1. The normalized spacial score (nSPS) is 11.9. The van der Waals surface area contributed by atoms with Gasteiger partial charge in [-0.2, -0.15) is 0 Å². The van der Waals surface area contributed by atoms with E-state index in [0.29, 0.717) is 0 Å². The van der Waals surface area contributed by atoms with Gasteiger partial charge in [-0.15, -0.1) is 11.3 Å². The lowest BCUT2D eigenvalue weighted by Gasteiger charge is -2.26. The lowest BCUT2D eigenvalue weighted by molar-refractivity contribution is 0.673. The number of rotatable bonds is 5. The quantitative estimate of drug-likeness (QED) is 0.163. The first kappa shape index (κ1) is 32.1. The Balaban J connectivity index is 1.14. The van der Waals surface area contributed by atoms with Crippen LogP contribution in [0.5, 0.6) is 0 Å². The summed E-state index contributed by atoms with van der Waals surface area (Å²) in [5.41, 5.74) is 9.64. The molecule has 57 heavy (non-hydrogen) atoms. The van der Waals surface area contributed by atoms with Gasteiger partial charge in [0.1, 0.15) is 5.58 Å². The molecular weight excluding hydrogens is 711 g/mol. The highest BCUT2D eigenvalue weighted by atomic mass is 32.1. The third-order valence-corrected chi connectivity index (χ3v) is 12.9. The van der Waals surface area contributed by atoms with Crippen molar-refractivity contribution >= 4 is 103 Å². The molecule has 0 fully saturated rings. The lowest BCUT2D eigenvalue weighted by Crippen LogP contribution is -2.10. The Bertz CT molecular complexity index is 3520. The predicted molar refractivity (Wildman–Crippen MR) is 245 cm³/mol. The van der Waals surface area contributed by atoms with Crippen molar-refractivity contribution in [1.29, 1.82) is 0 Å². The molecule has 0 radical (unpaired) electrons. The molecule has 3 heteroatoms. The van der Waals surface area contributed by atoms with Crippen LogP contribution in [0.25, 0.3) is 96.7 Å². The van der Waals surface area contributed by atoms with Crippen LogP contribution in [0.1, 0.15) is 0 Å². The number of thiophene rings is 1. The monoisotopic (exact) mass is 743 g/mol. The van der Waals surface area contributed by atoms with Crippen LogP contribution in [0.15, 0.2) is 205 Å². The van der Waals surface area contributed by atoms with Gasteiger partial charge in [0.2, 0.25) is 0 Å². The van der Waals surface area contributed by atoms with Crippen molar-refractivity contribution < 1.29 is 4.42 Å². The van der Waals surface area contributed by atoms with Crippen LogP contribution < -0.4 is 4.90 Å². The molecule has 0 saturated carbocycles. The Labute approximate surface area is 333 Å². The van der Waals surface area contributed by atoms with E-state index >= 15 is 0 Å². The maximum Gasteiger partial charge on any atom is 0.160 e. The minimum Gasteiger partial charge on any atom is -0.453 e. The van der Waals surface area contributed by atoms with Gasteiger partial charge in [0, 0.05) is 47.7 Å². The summed E-state index contributed by atoms with van der Waals surface area (Å²) >= 11 is 1.87. The van der Waals surface area contributed by atoms with Gasteiger partial charge in [0.25, 0.3) is 0 Å². The minimum absolute atomic E-state index is 0.861. The van der Waals surface area contributed by atoms with E-state index in [9.17, 15) is 0 Å². The topological polar surface area (TPSA) is 16.4 Å². The fourth-order valence-corrected chi connectivity index (χ4v) is 10.3. The molecule has 10 aromatic carbocycles. The second kappa shape index (κ2) is 12.7. The average molecular weight is 744 g/mol. The number of fused-ring (bicyclic) bond motifs is 12. The van der Waals surface area contributed by atoms with Gasteiger partial charge in [-0.05, 0) is 85.6 Å². The van der Waals surface area contributed by atoms with Gasteiger partial charge >= 0.3 is 0 Å². The number of hydrogen-bond donors (Lipinski definition) is 0. The second-order valence-electron chi connectivity index (χ2n) is 14.8. The highest BCUT2D eigenvalue weighted by Crippen LogP contribution is 2.50. The molecule has 0 N–H and O–H groups in total. The Morgan fingerprint density at radius 2 is 1.00 bits per heavy atom. The van der Waals surface area contributed by atoms with E-state index in [4.69, 9.17) is 4.42 Å². The Kier molecular flexibility index (Phi) is 7.13. The summed E-state index contributed by atoms with van der Waals surface area (Å²) in [5, 5.41) is 12.0. The Hall–Kier alpha value is -7.20. The fraction of sp³-hybridized carbons (Fsp3) is 0. The van der Waals surface area contributed by atoms with Crippen LogP contribution in [0.2, 0.25) is 0 Å². The molecule has 0 aliphatic heterocycles. The van der Waals surface area contributed by atoms with Gasteiger partial charge in [-0.1, -0.05) is 164 Å². The van der Waals surface area contributed by atoms with Crippen molar-refractivity contribution in [3.05, 3.63) is 200 Å². The van der Waals surface area contributed by atoms with Gasteiger partial charge in [0.05, 0.1) is 5.69 Å². The van der Waals surface area contributed by atoms with Crippen LogP contribution in [0, 0.1) is 0 Å². The average Bonchev–Trinajstić information content (AvgIpc) is 3.88. The molecule has 266 valence electrons. The third kappa shape index (κ3) is 4.96. The molecule has 12 aromatic rings. The van der Waals surface area contributed by atoms with Crippen LogP contribution in [0.3, 0.4) is 0 Å². The molecule has 0 aliphatic carbocycles. The van der Waals surface area contributed by atoms with Gasteiger partial charge in [-0.3, -0.25) is 0 Å². The van der Waals surface area contributed by atoms with Crippen molar-refractivity contribution in [2.75, 3.05) is 4.90 Å². The summed E-state index contributed by atoms with van der Waals surface area (Å²) in [6.45, 7) is 0. The first-order valence-corrected chi connectivity index (χ1v) is 20.2. The smallest absolute Gasteiger partial charge is 0.160 e. The van der Waals surface area contributed by atoms with E-state index in [-0.39, 0.29) is 0 Å². The van der Waals surface area contributed by atoms with E-state index in [1.807, 2.05) is 11.3 Å². The molecule has 0 unspecified atom stereocenters. The molecule has 2 nitrogen and oxygen atoms in total. The number of furan rings is 1. The predicted octanol–water partition coefficient (Wildman–Crippen LogP) is 16.2. The molecule has 0 aliphatic rings. The molecule has 0 saturated heterocycles. The van der Waals surface area contributed by atoms with E-state index in [1.54, 1.807) is 0 Å². The Morgan fingerprint density at radius 3 is 1.82 bits per heavy atom. The minimum atomic E-state index is 0.861. The molecule has 0 amide bonds. The summed E-state index contributed by atoms with van der Waals surface area (Å²) in [5.74, 6) is 0. The molecule has 12 rings (SSSR count). The summed E-state index contributed by atoms with van der Waals surface area (Å²) in [4.78, 5) is 2.38. The van der Waals surface area contributed by atoms with Crippen LogP contribution in [-0.2, 0) is 0 Å². The van der Waals surface area contributed by atoms with E-state index in [1.165, 1.54) is 58.2 Å². The highest BCUT2D eigenvalue weighted by molar-refractivity contribution is 7.26. The number of anilines is 3. The summed E-state index contributed by atoms with van der Waals surface area (Å²) in [6, 6.07) is 72.5. The summed E-state index contributed by atoms with van der Waals surface area (Å²) in [7, 11) is 0. The van der Waals surface area contributed by atoms with E-state index in [0.717, 1.165) is 55.5 Å². The molecule has 0 bridgehead atoms. The third-order valence-electron chi connectivity index (χ3n) is 11.6. The molecule has 2 heterocycles. The zero-order valence-electron chi connectivity index (χ0n) is 30.8. The maximum atomic E-state index is 7.31. The molecule has 0 spiro atoms. The largest absolute Gasteiger partial charge is 0.453 e. The van der Waals surface area contributed by atoms with Crippen molar-refractivity contribution in [3.63, 3.8) is 0 Å². The SMILES string of the molecule is c1ccc(-c2ccc(N(c3ccc(-c4cccc5c4sc4ccccc45)cc3)c3ccc4ccccc4c3)c3oc4c5ccccc5c5ccccc5c4c23)cc1. The summed E-state index contributed by atoms with van der Waals surface area (Å²) in [6.07, 6.45) is 0. The first-order chi connectivity index (χ1) is 28.3. The van der Waals surface area contributed by atoms with Crippen molar-refractivity contribution in [3.8, 4) is 22.3 Å². The second-order valence-corrected chi connectivity index (χ2v) is 15.8. The highest BCUT2D eigenvalue weighted by Gasteiger charge is 2.25. The standard InChI is InChI=1S/C54H33NOS/c1-2-14-35(15-3-1)40-31-32-48(53-50(40)51-45-20-8-6-17-42(45)43-18-7-9-21-46(43)52(51)56-53)55(39-30-25-34-13-4-5-16-37(34)33-39)38-28-26-36(27-29-38)41-22-12-23-47-44-19-10-11-24-49(44)57-54(41)47/h1-33H. The van der Waals surface area contributed by atoms with E-state index in [2.05, 4.69) is 205 Å². The van der Waals surface area contributed by atoms with Gasteiger partial charge in [-0.25, -0.2) is 0 Å². The Morgan fingerprint density at radius 1 is 0.368 bits per heavy atom. The van der Waals surface area contributed by atoms with Gasteiger partial charge in [0.15, 0.2) is 5.58 Å². The van der Waals surface area contributed by atoms with Crippen molar-refractivity contribution in [2.45, 2.75) is 0 Å². The molecular formula is C54H33NOS. The lowest BCUT2D eigenvalue weighted by atomic mass is 9.93. The van der Waals surface area contributed by atoms with Crippen LogP contribution in [-0.4, -0.2) is 0 Å². The number of hydrogen-bond acceptors (Lipinski definition) is 3. The van der Waals surface area contributed by atoms with Crippen LogP contribution >= 0.6 is 11.3 Å². The molecule has 0 atom stereocenters. The van der Waals surface area contributed by atoms with Crippen molar-refractivity contribution in [1.82, 2.24) is 0 Å². The zero-order valence-corrected chi connectivity index (χ0v) is 31.6. The van der Waals surface area contributed by atoms with Gasteiger partial charge < -0.3 is 9.32 Å². The van der Waals surface area contributed by atoms with E-state index < -0.39 is 0 Å². The number of benzene rings is 10. The summed E-state index contributed by atoms with van der Waals surface area (Å²) < 4.78 is 9.94. The fourth-order valence-electron chi connectivity index (χ4n) is 9.03. The van der Waals surface area contributed by atoms with Crippen LogP contribution in [0.4, 0.5) is 17.1 Å².